The summed E-state index contributed by atoms with van der Waals surface area (Å²) in [5, 5.41) is 13.1. The van der Waals surface area contributed by atoms with Gasteiger partial charge >= 0.3 is 0 Å². The first kappa shape index (κ1) is 16.4. The van der Waals surface area contributed by atoms with Crippen molar-refractivity contribution in [2.45, 2.75) is 0 Å². The summed E-state index contributed by atoms with van der Waals surface area (Å²) in [6, 6.07) is 9.32. The summed E-state index contributed by atoms with van der Waals surface area (Å²) < 4.78 is 0. The highest BCUT2D eigenvalue weighted by molar-refractivity contribution is 7.80. The molecule has 0 aliphatic carbocycles. The van der Waals surface area contributed by atoms with Crippen LogP contribution in [0.3, 0.4) is 0 Å². The molecule has 1 aliphatic heterocycles. The first-order chi connectivity index (χ1) is 11.7. The summed E-state index contributed by atoms with van der Waals surface area (Å²) in [7, 11) is 2.11. The van der Waals surface area contributed by atoms with Gasteiger partial charge in [-0.15, -0.1) is 5.10 Å². The monoisotopic (exact) mass is 341 g/mol. The summed E-state index contributed by atoms with van der Waals surface area (Å²) in [4.78, 5) is 8.75. The Morgan fingerprint density at radius 3 is 2.54 bits per heavy atom. The van der Waals surface area contributed by atoms with Crippen molar-refractivity contribution < 1.29 is 0 Å². The molecule has 0 radical (unpaired) electrons. The van der Waals surface area contributed by atoms with E-state index in [1.54, 1.807) is 12.4 Å². The zero-order valence-electron chi connectivity index (χ0n) is 13.5. The molecule has 2 aromatic rings. The minimum absolute atomic E-state index is 0.611. The second kappa shape index (κ2) is 7.89. The molecule has 8 heteroatoms. The zero-order valence-corrected chi connectivity index (χ0v) is 14.3. The van der Waals surface area contributed by atoms with Crippen molar-refractivity contribution in [3.8, 4) is 0 Å². The number of thiocarbonyl (C=S) groups is 1. The van der Waals surface area contributed by atoms with Gasteiger partial charge in [-0.1, -0.05) is 6.07 Å². The highest BCUT2D eigenvalue weighted by atomic mass is 32.1. The van der Waals surface area contributed by atoms with Gasteiger partial charge in [-0.25, -0.2) is 0 Å². The van der Waals surface area contributed by atoms with Gasteiger partial charge in [-0.3, -0.25) is 10.4 Å². The first-order valence-electron chi connectivity index (χ1n) is 7.74. The highest BCUT2D eigenvalue weighted by Gasteiger charge is 2.17. The molecule has 1 N–H and O–H groups in total. The fraction of sp³-hybridized carbons (Fsp3) is 0.312. The van der Waals surface area contributed by atoms with Crippen LogP contribution in [0.25, 0.3) is 0 Å². The standard InChI is InChI=1S/C16H19N7S/c1-22-9-11-23(12-10-22)16(24)21-20-15(13-5-2-3-7-17-13)14-6-4-8-18-19-14/h2-8H,9-12H2,1H3,(H,21,24)/b20-15-. The molecular weight excluding hydrogens is 322 g/mol. The van der Waals surface area contributed by atoms with E-state index >= 15 is 0 Å². The van der Waals surface area contributed by atoms with E-state index in [1.807, 2.05) is 30.3 Å². The fourth-order valence-electron chi connectivity index (χ4n) is 2.36. The van der Waals surface area contributed by atoms with E-state index in [0.717, 1.165) is 26.2 Å². The van der Waals surface area contributed by atoms with Crippen molar-refractivity contribution in [3.05, 3.63) is 54.1 Å². The number of hydrogen-bond donors (Lipinski definition) is 1. The van der Waals surface area contributed by atoms with E-state index in [-0.39, 0.29) is 0 Å². The van der Waals surface area contributed by atoms with Crippen LogP contribution in [0.2, 0.25) is 0 Å². The van der Waals surface area contributed by atoms with E-state index in [2.05, 4.69) is 42.6 Å². The summed E-state index contributed by atoms with van der Waals surface area (Å²) in [6.07, 6.45) is 3.35. The summed E-state index contributed by atoms with van der Waals surface area (Å²) in [5.41, 5.74) is 4.95. The molecule has 3 rings (SSSR count). The summed E-state index contributed by atoms with van der Waals surface area (Å²) >= 11 is 5.46. The summed E-state index contributed by atoms with van der Waals surface area (Å²) in [6.45, 7) is 3.76. The van der Waals surface area contributed by atoms with Gasteiger partial charge in [0.15, 0.2) is 5.11 Å². The minimum atomic E-state index is 0.611. The van der Waals surface area contributed by atoms with Crippen LogP contribution < -0.4 is 5.43 Å². The maximum absolute atomic E-state index is 5.46. The normalized spacial score (nSPS) is 16.0. The SMILES string of the molecule is CN1CCN(C(=S)N/N=C(/c2ccccn2)c2cccnn2)CC1. The van der Waals surface area contributed by atoms with Crippen LogP contribution in [0.15, 0.2) is 47.8 Å². The van der Waals surface area contributed by atoms with Gasteiger partial charge in [0, 0.05) is 38.6 Å². The van der Waals surface area contributed by atoms with E-state index in [9.17, 15) is 0 Å². The van der Waals surface area contributed by atoms with E-state index in [1.165, 1.54) is 0 Å². The summed E-state index contributed by atoms with van der Waals surface area (Å²) in [5.74, 6) is 0. The van der Waals surface area contributed by atoms with Crippen LogP contribution in [-0.4, -0.2) is 69.0 Å². The molecule has 1 fully saturated rings. The molecule has 124 valence electrons. The molecule has 7 nitrogen and oxygen atoms in total. The van der Waals surface area contributed by atoms with E-state index in [0.29, 0.717) is 22.2 Å². The predicted molar refractivity (Wildman–Crippen MR) is 96.7 cm³/mol. The predicted octanol–water partition coefficient (Wildman–Crippen LogP) is 0.746. The Hall–Kier alpha value is -2.45. The van der Waals surface area contributed by atoms with Gasteiger partial charge in [-0.05, 0) is 43.5 Å². The second-order valence-electron chi connectivity index (χ2n) is 5.49. The van der Waals surface area contributed by atoms with Crippen LogP contribution in [0.4, 0.5) is 0 Å². The Kier molecular flexibility index (Phi) is 5.39. The van der Waals surface area contributed by atoms with Crippen molar-refractivity contribution >= 4 is 23.0 Å². The third kappa shape index (κ3) is 4.09. The van der Waals surface area contributed by atoms with Gasteiger partial charge in [-0.2, -0.15) is 10.2 Å². The number of hydrazone groups is 1. The van der Waals surface area contributed by atoms with Crippen molar-refractivity contribution in [3.63, 3.8) is 0 Å². The lowest BCUT2D eigenvalue weighted by atomic mass is 10.2. The molecule has 0 atom stereocenters. The molecule has 0 spiro atoms. The Balaban J connectivity index is 1.78. The first-order valence-corrected chi connectivity index (χ1v) is 8.15. The maximum Gasteiger partial charge on any atom is 0.189 e. The van der Waals surface area contributed by atoms with Gasteiger partial charge in [0.2, 0.25) is 0 Å². The highest BCUT2D eigenvalue weighted by Crippen LogP contribution is 2.05. The second-order valence-corrected chi connectivity index (χ2v) is 5.88. The number of nitrogens with one attached hydrogen (secondary N) is 1. The average molecular weight is 341 g/mol. The zero-order chi connectivity index (χ0) is 16.8. The molecule has 3 heterocycles. The number of aromatic nitrogens is 3. The molecule has 0 saturated carbocycles. The smallest absolute Gasteiger partial charge is 0.189 e. The van der Waals surface area contributed by atoms with Gasteiger partial charge in [0.25, 0.3) is 0 Å². The van der Waals surface area contributed by atoms with Crippen molar-refractivity contribution in [1.29, 1.82) is 0 Å². The van der Waals surface area contributed by atoms with Gasteiger partial charge < -0.3 is 9.80 Å². The number of pyridine rings is 1. The Morgan fingerprint density at radius 1 is 1.08 bits per heavy atom. The maximum atomic E-state index is 5.46. The lowest BCUT2D eigenvalue weighted by Gasteiger charge is -2.33. The topological polar surface area (TPSA) is 69.5 Å². The van der Waals surface area contributed by atoms with E-state index in [4.69, 9.17) is 12.2 Å². The molecule has 1 aliphatic rings. The Labute approximate surface area is 146 Å². The number of nitrogens with zero attached hydrogens (tertiary/aromatic N) is 6. The molecule has 24 heavy (non-hydrogen) atoms. The van der Waals surface area contributed by atoms with Crippen LogP contribution >= 0.6 is 12.2 Å². The lowest BCUT2D eigenvalue weighted by Crippen LogP contribution is -2.49. The van der Waals surface area contributed by atoms with Crippen LogP contribution in [0.1, 0.15) is 11.4 Å². The lowest BCUT2D eigenvalue weighted by molar-refractivity contribution is 0.214. The number of rotatable bonds is 3. The molecule has 0 bridgehead atoms. The third-order valence-corrected chi connectivity index (χ3v) is 4.13. The molecule has 2 aromatic heterocycles. The van der Waals surface area contributed by atoms with E-state index < -0.39 is 0 Å². The van der Waals surface area contributed by atoms with Crippen LogP contribution in [0, 0.1) is 0 Å². The molecule has 1 saturated heterocycles. The quantitative estimate of drug-likeness (QED) is 0.502. The molecular formula is C16H19N7S. The Bertz CT molecular complexity index is 655. The van der Waals surface area contributed by atoms with Crippen molar-refractivity contribution in [2.75, 3.05) is 33.2 Å². The van der Waals surface area contributed by atoms with Crippen molar-refractivity contribution in [2.24, 2.45) is 5.10 Å². The van der Waals surface area contributed by atoms with Crippen LogP contribution in [0.5, 0.6) is 0 Å². The van der Waals surface area contributed by atoms with Crippen molar-refractivity contribution in [1.82, 2.24) is 30.4 Å². The van der Waals surface area contributed by atoms with Gasteiger partial charge in [0.05, 0.1) is 5.69 Å². The number of piperazine rings is 1. The van der Waals surface area contributed by atoms with Crippen LogP contribution in [-0.2, 0) is 0 Å². The molecule has 0 aromatic carbocycles. The fourth-order valence-corrected chi connectivity index (χ4v) is 2.59. The third-order valence-electron chi connectivity index (χ3n) is 3.78. The van der Waals surface area contributed by atoms with Gasteiger partial charge in [0.1, 0.15) is 11.4 Å². The number of hydrogen-bond acceptors (Lipinski definition) is 6. The molecule has 0 unspecified atom stereocenters. The Morgan fingerprint density at radius 2 is 1.88 bits per heavy atom. The largest absolute Gasteiger partial charge is 0.345 e. The number of likely N-dealkylation sites (N-methyl/N-ethyl adjacent to an activating group) is 1. The minimum Gasteiger partial charge on any atom is -0.345 e. The average Bonchev–Trinajstić information content (AvgIpc) is 2.64. The molecule has 0 amide bonds.